The van der Waals surface area contributed by atoms with Crippen LogP contribution in [0.15, 0.2) is 0 Å². The topological polar surface area (TPSA) is 67.6 Å². The maximum Gasteiger partial charge on any atom is 0.410 e. The zero-order chi connectivity index (χ0) is 14.8. The van der Waals surface area contributed by atoms with Gasteiger partial charge in [-0.2, -0.15) is 0 Å². The third-order valence-corrected chi connectivity index (χ3v) is 4.03. The minimum absolute atomic E-state index is 0.177. The first-order valence-electron chi connectivity index (χ1n) is 7.83. The van der Waals surface area contributed by atoms with Crippen LogP contribution in [0, 0.1) is 0 Å². The maximum absolute atomic E-state index is 12.1. The summed E-state index contributed by atoms with van der Waals surface area (Å²) >= 11 is 0. The summed E-state index contributed by atoms with van der Waals surface area (Å²) < 4.78 is 5.45. The zero-order valence-electron chi connectivity index (χ0n) is 13.0. The van der Waals surface area contributed by atoms with Crippen molar-refractivity contribution in [2.45, 2.75) is 76.6 Å². The largest absolute Gasteiger partial charge is 0.444 e. The smallest absolute Gasteiger partial charge is 0.410 e. The van der Waals surface area contributed by atoms with E-state index in [1.54, 1.807) is 0 Å². The molecule has 0 spiro atoms. The molecule has 1 aliphatic carbocycles. The van der Waals surface area contributed by atoms with Crippen molar-refractivity contribution in [2.75, 3.05) is 13.1 Å². The van der Waals surface area contributed by atoms with Crippen LogP contribution in [-0.4, -0.2) is 47.8 Å². The molecule has 1 heterocycles. The van der Waals surface area contributed by atoms with Crippen LogP contribution in [0.25, 0.3) is 0 Å². The molecule has 1 amide bonds. The van der Waals surface area contributed by atoms with Crippen molar-refractivity contribution in [1.29, 1.82) is 0 Å². The van der Waals surface area contributed by atoms with Gasteiger partial charge in [0.25, 0.3) is 0 Å². The molecule has 1 saturated heterocycles. The van der Waals surface area contributed by atoms with Crippen LogP contribution in [-0.2, 0) is 4.74 Å². The van der Waals surface area contributed by atoms with Gasteiger partial charge in [-0.15, -0.1) is 0 Å². The summed E-state index contributed by atoms with van der Waals surface area (Å²) in [7, 11) is 0. The van der Waals surface area contributed by atoms with Crippen molar-refractivity contribution in [3.05, 3.63) is 0 Å². The van der Waals surface area contributed by atoms with Crippen LogP contribution < -0.4 is 11.1 Å². The Morgan fingerprint density at radius 3 is 2.50 bits per heavy atom. The summed E-state index contributed by atoms with van der Waals surface area (Å²) in [6.45, 7) is 7.31. The minimum atomic E-state index is -0.414. The minimum Gasteiger partial charge on any atom is -0.444 e. The van der Waals surface area contributed by atoms with Crippen LogP contribution in [0.3, 0.4) is 0 Å². The molecule has 0 bridgehead atoms. The summed E-state index contributed by atoms with van der Waals surface area (Å²) in [5.41, 5.74) is 5.40. The molecular weight excluding hydrogens is 254 g/mol. The summed E-state index contributed by atoms with van der Waals surface area (Å²) in [6.07, 6.45) is 5.17. The van der Waals surface area contributed by atoms with Gasteiger partial charge in [-0.05, 0) is 52.9 Å². The molecule has 1 saturated carbocycles. The first-order valence-corrected chi connectivity index (χ1v) is 7.83. The molecule has 116 valence electrons. The molecule has 1 unspecified atom stereocenters. The standard InChI is InChI=1S/C15H29N3O2/c1-15(2,3)20-14(19)18-7-4-5-12(6-8-18)17-13-9-11(16)10-13/h11-13,17H,4-10,16H2,1-3H3. The normalized spacial score (nSPS) is 31.4. The van der Waals surface area contributed by atoms with Gasteiger partial charge in [0.15, 0.2) is 0 Å². The number of carbonyl (C=O) groups is 1. The first-order chi connectivity index (χ1) is 9.33. The van der Waals surface area contributed by atoms with Crippen LogP contribution in [0.5, 0.6) is 0 Å². The fraction of sp³-hybridized carbons (Fsp3) is 0.933. The molecule has 0 aromatic heterocycles. The molecule has 2 aliphatic rings. The van der Waals surface area contributed by atoms with Crippen LogP contribution >= 0.6 is 0 Å². The van der Waals surface area contributed by atoms with Crippen molar-refractivity contribution >= 4 is 6.09 Å². The summed E-state index contributed by atoms with van der Waals surface area (Å²) in [5, 5.41) is 3.67. The Morgan fingerprint density at radius 1 is 1.20 bits per heavy atom. The van der Waals surface area contributed by atoms with Gasteiger partial charge >= 0.3 is 6.09 Å². The molecule has 2 fully saturated rings. The van der Waals surface area contributed by atoms with Crippen molar-refractivity contribution in [3.8, 4) is 0 Å². The Hall–Kier alpha value is -0.810. The second-order valence-corrected chi connectivity index (χ2v) is 7.19. The number of likely N-dealkylation sites (tertiary alicyclic amines) is 1. The number of hydrogen-bond donors (Lipinski definition) is 2. The predicted octanol–water partition coefficient (Wildman–Crippen LogP) is 1.86. The molecule has 2 rings (SSSR count). The highest BCUT2D eigenvalue weighted by atomic mass is 16.6. The number of nitrogens with two attached hydrogens (primary N) is 1. The monoisotopic (exact) mass is 283 g/mol. The molecule has 5 nitrogen and oxygen atoms in total. The van der Waals surface area contributed by atoms with E-state index in [2.05, 4.69) is 5.32 Å². The van der Waals surface area contributed by atoms with Gasteiger partial charge < -0.3 is 20.7 Å². The predicted molar refractivity (Wildman–Crippen MR) is 79.6 cm³/mol. The van der Waals surface area contributed by atoms with E-state index in [9.17, 15) is 4.79 Å². The van der Waals surface area contributed by atoms with Crippen molar-refractivity contribution in [1.82, 2.24) is 10.2 Å². The lowest BCUT2D eigenvalue weighted by molar-refractivity contribution is 0.0255. The van der Waals surface area contributed by atoms with Gasteiger partial charge in [-0.25, -0.2) is 4.79 Å². The third kappa shape index (κ3) is 4.63. The second kappa shape index (κ2) is 6.31. The lowest BCUT2D eigenvalue weighted by atomic mass is 9.86. The van der Waals surface area contributed by atoms with Crippen molar-refractivity contribution in [2.24, 2.45) is 5.73 Å². The lowest BCUT2D eigenvalue weighted by Gasteiger charge is -2.36. The highest BCUT2D eigenvalue weighted by Gasteiger charge is 2.30. The molecule has 0 aromatic rings. The molecule has 20 heavy (non-hydrogen) atoms. The van der Waals surface area contributed by atoms with Crippen molar-refractivity contribution < 1.29 is 9.53 Å². The van der Waals surface area contributed by atoms with Gasteiger partial charge in [-0.3, -0.25) is 0 Å². The number of rotatable bonds is 2. The average Bonchev–Trinajstić information content (AvgIpc) is 2.50. The van der Waals surface area contributed by atoms with E-state index in [-0.39, 0.29) is 6.09 Å². The van der Waals surface area contributed by atoms with Gasteiger partial charge in [0, 0.05) is 31.2 Å². The third-order valence-electron chi connectivity index (χ3n) is 4.03. The van der Waals surface area contributed by atoms with E-state index in [1.165, 1.54) is 0 Å². The van der Waals surface area contributed by atoms with Gasteiger partial charge in [-0.1, -0.05) is 0 Å². The van der Waals surface area contributed by atoms with Gasteiger partial charge in [0.1, 0.15) is 5.60 Å². The van der Waals surface area contributed by atoms with E-state index < -0.39 is 5.60 Å². The Kier molecular flexibility index (Phi) is 4.91. The quantitative estimate of drug-likeness (QED) is 0.811. The van der Waals surface area contributed by atoms with Crippen LogP contribution in [0.2, 0.25) is 0 Å². The Labute approximate surface area is 122 Å². The maximum atomic E-state index is 12.1. The van der Waals surface area contributed by atoms with Crippen LogP contribution in [0.1, 0.15) is 52.9 Å². The molecule has 1 atom stereocenters. The van der Waals surface area contributed by atoms with Crippen molar-refractivity contribution in [3.63, 3.8) is 0 Å². The Bertz CT molecular complexity index is 335. The molecule has 0 radical (unpaired) electrons. The number of hydrogen-bond acceptors (Lipinski definition) is 4. The fourth-order valence-electron chi connectivity index (χ4n) is 2.90. The zero-order valence-corrected chi connectivity index (χ0v) is 13.0. The van der Waals surface area contributed by atoms with E-state index >= 15 is 0 Å². The molecular formula is C15H29N3O2. The fourth-order valence-corrected chi connectivity index (χ4v) is 2.90. The van der Waals surface area contributed by atoms with E-state index in [0.29, 0.717) is 18.1 Å². The Morgan fingerprint density at radius 2 is 1.90 bits per heavy atom. The second-order valence-electron chi connectivity index (χ2n) is 7.19. The van der Waals surface area contributed by atoms with Gasteiger partial charge in [0.05, 0.1) is 0 Å². The van der Waals surface area contributed by atoms with E-state index in [4.69, 9.17) is 10.5 Å². The number of nitrogens with one attached hydrogen (secondary N) is 1. The molecule has 3 N–H and O–H groups in total. The number of carbonyl (C=O) groups excluding carboxylic acids is 1. The highest BCUT2D eigenvalue weighted by molar-refractivity contribution is 5.68. The molecule has 5 heteroatoms. The number of nitrogens with zero attached hydrogens (tertiary/aromatic N) is 1. The summed E-state index contributed by atoms with van der Waals surface area (Å²) in [5.74, 6) is 0. The number of ether oxygens (including phenoxy) is 1. The lowest BCUT2D eigenvalue weighted by Crippen LogP contribution is -2.51. The van der Waals surface area contributed by atoms with E-state index in [1.807, 2.05) is 25.7 Å². The average molecular weight is 283 g/mol. The summed E-state index contributed by atoms with van der Waals surface area (Å²) in [4.78, 5) is 13.9. The number of amides is 1. The molecule has 1 aliphatic heterocycles. The Balaban J connectivity index is 1.75. The SMILES string of the molecule is CC(C)(C)OC(=O)N1CCCC(NC2CC(N)C2)CC1. The summed E-state index contributed by atoms with van der Waals surface area (Å²) in [6, 6.07) is 1.49. The first kappa shape index (κ1) is 15.6. The van der Waals surface area contributed by atoms with Gasteiger partial charge in [0.2, 0.25) is 0 Å². The highest BCUT2D eigenvalue weighted by Crippen LogP contribution is 2.21. The van der Waals surface area contributed by atoms with Crippen LogP contribution in [0.4, 0.5) is 4.79 Å². The van der Waals surface area contributed by atoms with E-state index in [0.717, 1.165) is 45.2 Å². The molecule has 0 aromatic carbocycles.